The van der Waals surface area contributed by atoms with Crippen LogP contribution in [0.3, 0.4) is 0 Å². The lowest BCUT2D eigenvalue weighted by atomic mass is 9.83. The fraction of sp³-hybridized carbons (Fsp3) is 0.652. The number of nitrogens with zero attached hydrogens (tertiary/aromatic N) is 2. The Morgan fingerprint density at radius 3 is 2.21 bits per heavy atom. The van der Waals surface area contributed by atoms with E-state index in [9.17, 15) is 14.0 Å². The molecule has 0 N–H and O–H groups in total. The van der Waals surface area contributed by atoms with Crippen LogP contribution < -0.4 is 0 Å². The molecule has 2 heterocycles. The van der Waals surface area contributed by atoms with Crippen LogP contribution in [0.5, 0.6) is 0 Å². The zero-order valence-corrected chi connectivity index (χ0v) is 17.4. The van der Waals surface area contributed by atoms with Gasteiger partial charge >= 0.3 is 0 Å². The molecule has 1 aromatic carbocycles. The lowest BCUT2D eigenvalue weighted by molar-refractivity contribution is -0.139. The molecular formula is C23H31FN2O3. The highest BCUT2D eigenvalue weighted by Gasteiger charge is 2.54. The van der Waals surface area contributed by atoms with Crippen molar-refractivity contribution in [2.24, 2.45) is 11.8 Å². The Hall–Kier alpha value is -1.95. The number of hydrogen-bond donors (Lipinski definition) is 0. The molecule has 1 aromatic rings. The topological polar surface area (TPSA) is 49.9 Å². The summed E-state index contributed by atoms with van der Waals surface area (Å²) in [5, 5.41) is 0. The molecule has 1 unspecified atom stereocenters. The third kappa shape index (κ3) is 3.91. The Morgan fingerprint density at radius 2 is 1.59 bits per heavy atom. The van der Waals surface area contributed by atoms with Gasteiger partial charge in [0.1, 0.15) is 17.6 Å². The first-order valence-electron chi connectivity index (χ1n) is 10.9. The molecule has 1 atom stereocenters. The van der Waals surface area contributed by atoms with Gasteiger partial charge in [-0.15, -0.1) is 0 Å². The first kappa shape index (κ1) is 20.3. The fourth-order valence-corrected chi connectivity index (χ4v) is 4.94. The third-order valence-corrected chi connectivity index (χ3v) is 7.01. The molecule has 1 aliphatic carbocycles. The summed E-state index contributed by atoms with van der Waals surface area (Å²) in [4.78, 5) is 30.5. The molecule has 4 rings (SSSR count). The highest BCUT2D eigenvalue weighted by atomic mass is 19.1. The summed E-state index contributed by atoms with van der Waals surface area (Å²) in [6, 6.07) is 4.98. The first-order chi connectivity index (χ1) is 13.9. The summed E-state index contributed by atoms with van der Waals surface area (Å²) in [7, 11) is 0. The van der Waals surface area contributed by atoms with E-state index < -0.39 is 11.8 Å². The average molecular weight is 403 g/mol. The molecule has 0 bridgehead atoms. The lowest BCUT2D eigenvalue weighted by Crippen LogP contribution is -2.58. The molecule has 3 aliphatic rings. The van der Waals surface area contributed by atoms with E-state index in [-0.39, 0.29) is 24.2 Å². The van der Waals surface area contributed by atoms with Crippen LogP contribution in [0, 0.1) is 17.7 Å². The predicted molar refractivity (Wildman–Crippen MR) is 108 cm³/mol. The largest absolute Gasteiger partial charge is 0.353 e. The number of amides is 2. The van der Waals surface area contributed by atoms with Crippen molar-refractivity contribution >= 4 is 11.8 Å². The number of likely N-dealkylation sites (tertiary alicyclic amines) is 1. The minimum Gasteiger partial charge on any atom is -0.353 e. The van der Waals surface area contributed by atoms with Crippen molar-refractivity contribution in [1.82, 2.24) is 9.80 Å². The van der Waals surface area contributed by atoms with E-state index in [4.69, 9.17) is 4.74 Å². The van der Waals surface area contributed by atoms with Crippen molar-refractivity contribution in [1.29, 1.82) is 0 Å². The molecule has 5 nitrogen and oxygen atoms in total. The van der Waals surface area contributed by atoms with Crippen LogP contribution in [0.1, 0.15) is 62.7 Å². The van der Waals surface area contributed by atoms with E-state index in [0.717, 1.165) is 51.6 Å². The van der Waals surface area contributed by atoms with Gasteiger partial charge in [0.15, 0.2) is 0 Å². The fourth-order valence-electron chi connectivity index (χ4n) is 4.94. The van der Waals surface area contributed by atoms with E-state index in [1.165, 1.54) is 24.3 Å². The van der Waals surface area contributed by atoms with Gasteiger partial charge in [0.25, 0.3) is 5.91 Å². The standard InChI is InChI=1S/C23H31FN2O3/c1-16-7-11-23(12-8-16)26(21(27)18-3-5-19(24)6-4-18)20(15-29-23)22(28)25-13-9-17(2)10-14-25/h3-6,16-17,20H,7-15H2,1-2H3. The van der Waals surface area contributed by atoms with Crippen LogP contribution in [-0.2, 0) is 9.53 Å². The predicted octanol–water partition coefficient (Wildman–Crippen LogP) is 3.83. The second-order valence-electron chi connectivity index (χ2n) is 9.15. The Kier molecular flexibility index (Phi) is 5.65. The van der Waals surface area contributed by atoms with Crippen LogP contribution >= 0.6 is 0 Å². The Bertz CT molecular complexity index is 750. The van der Waals surface area contributed by atoms with Crippen molar-refractivity contribution in [3.05, 3.63) is 35.6 Å². The van der Waals surface area contributed by atoms with Gasteiger partial charge in [-0.3, -0.25) is 14.5 Å². The van der Waals surface area contributed by atoms with Gasteiger partial charge in [-0.2, -0.15) is 0 Å². The second kappa shape index (κ2) is 8.05. The quantitative estimate of drug-likeness (QED) is 0.755. The first-order valence-corrected chi connectivity index (χ1v) is 10.9. The molecule has 1 spiro atoms. The van der Waals surface area contributed by atoms with Gasteiger partial charge in [-0.1, -0.05) is 13.8 Å². The zero-order valence-electron chi connectivity index (χ0n) is 17.4. The second-order valence-corrected chi connectivity index (χ2v) is 9.15. The number of benzene rings is 1. The minimum atomic E-state index is -0.721. The minimum absolute atomic E-state index is 0.0112. The zero-order chi connectivity index (χ0) is 20.6. The molecule has 0 aromatic heterocycles. The number of rotatable bonds is 2. The Labute approximate surface area is 172 Å². The maximum Gasteiger partial charge on any atom is 0.256 e. The van der Waals surface area contributed by atoms with Crippen molar-refractivity contribution in [3.63, 3.8) is 0 Å². The Morgan fingerprint density at radius 1 is 1.00 bits per heavy atom. The molecule has 3 fully saturated rings. The van der Waals surface area contributed by atoms with Crippen LogP contribution in [0.2, 0.25) is 0 Å². The highest BCUT2D eigenvalue weighted by Crippen LogP contribution is 2.43. The van der Waals surface area contributed by atoms with Gasteiger partial charge in [-0.05, 0) is 74.6 Å². The summed E-state index contributed by atoms with van der Waals surface area (Å²) in [6.45, 7) is 6.14. The summed E-state index contributed by atoms with van der Waals surface area (Å²) >= 11 is 0. The van der Waals surface area contributed by atoms with E-state index in [1.54, 1.807) is 4.90 Å². The van der Waals surface area contributed by atoms with Crippen LogP contribution in [0.4, 0.5) is 4.39 Å². The maximum absolute atomic E-state index is 13.5. The molecule has 29 heavy (non-hydrogen) atoms. The summed E-state index contributed by atoms with van der Waals surface area (Å²) in [5.41, 5.74) is -0.318. The molecule has 158 valence electrons. The number of piperidine rings is 1. The molecule has 0 radical (unpaired) electrons. The number of hydrogen-bond acceptors (Lipinski definition) is 3. The highest BCUT2D eigenvalue weighted by molar-refractivity contribution is 5.98. The number of carbonyl (C=O) groups is 2. The molecule has 2 amide bonds. The molecule has 2 aliphatic heterocycles. The van der Waals surface area contributed by atoms with Gasteiger partial charge < -0.3 is 9.64 Å². The monoisotopic (exact) mass is 402 g/mol. The molecule has 2 saturated heterocycles. The van der Waals surface area contributed by atoms with Crippen LogP contribution in [0.25, 0.3) is 0 Å². The van der Waals surface area contributed by atoms with E-state index >= 15 is 0 Å². The van der Waals surface area contributed by atoms with Gasteiger partial charge in [-0.25, -0.2) is 4.39 Å². The van der Waals surface area contributed by atoms with E-state index in [1.807, 2.05) is 4.90 Å². The van der Waals surface area contributed by atoms with Crippen LogP contribution in [-0.4, -0.2) is 53.1 Å². The van der Waals surface area contributed by atoms with Crippen LogP contribution in [0.15, 0.2) is 24.3 Å². The van der Waals surface area contributed by atoms with Crippen molar-refractivity contribution in [2.45, 2.75) is 64.1 Å². The third-order valence-electron chi connectivity index (χ3n) is 7.01. The van der Waals surface area contributed by atoms with Gasteiger partial charge in [0, 0.05) is 18.7 Å². The summed E-state index contributed by atoms with van der Waals surface area (Å²) in [5.74, 6) is 0.589. The number of carbonyl (C=O) groups excluding carboxylic acids is 2. The van der Waals surface area contributed by atoms with Crippen molar-refractivity contribution in [2.75, 3.05) is 19.7 Å². The van der Waals surface area contributed by atoms with Gasteiger partial charge in [0.05, 0.1) is 6.61 Å². The smallest absolute Gasteiger partial charge is 0.256 e. The number of halogens is 1. The molecule has 6 heteroatoms. The van der Waals surface area contributed by atoms with E-state index in [2.05, 4.69) is 13.8 Å². The van der Waals surface area contributed by atoms with Crippen molar-refractivity contribution < 1.29 is 18.7 Å². The summed E-state index contributed by atoms with van der Waals surface area (Å²) in [6.07, 6.45) is 5.40. The molecular weight excluding hydrogens is 371 g/mol. The average Bonchev–Trinajstić information content (AvgIpc) is 3.09. The maximum atomic E-state index is 13.5. The Balaban J connectivity index is 1.62. The molecule has 1 saturated carbocycles. The SMILES string of the molecule is CC1CCN(C(=O)C2COC3(CCC(C)CC3)N2C(=O)c2ccc(F)cc2)CC1. The van der Waals surface area contributed by atoms with E-state index in [0.29, 0.717) is 17.4 Å². The lowest BCUT2D eigenvalue weighted by Gasteiger charge is -2.43. The van der Waals surface area contributed by atoms with Gasteiger partial charge in [0.2, 0.25) is 5.91 Å². The summed E-state index contributed by atoms with van der Waals surface area (Å²) < 4.78 is 19.6. The van der Waals surface area contributed by atoms with Crippen molar-refractivity contribution in [3.8, 4) is 0 Å². The number of ether oxygens (including phenoxy) is 1. The normalized spacial score (nSPS) is 30.7.